The number of nitrogens with zero attached hydrogens (tertiary/aromatic N) is 1. The first kappa shape index (κ1) is 11.2. The molecule has 0 radical (unpaired) electrons. The third kappa shape index (κ3) is 1.84. The number of hydrogen-bond donors (Lipinski definition) is 0. The first-order chi connectivity index (χ1) is 7.63. The summed E-state index contributed by atoms with van der Waals surface area (Å²) < 4.78 is 0. The summed E-state index contributed by atoms with van der Waals surface area (Å²) in [7, 11) is 0. The highest BCUT2D eigenvalue weighted by atomic mass is 35.5. The predicted molar refractivity (Wildman–Crippen MR) is 69.0 cm³/mol. The van der Waals surface area contributed by atoms with Gasteiger partial charge in [-0.25, -0.2) is 0 Å². The Balaban J connectivity index is 2.64. The second-order valence-electron chi connectivity index (χ2n) is 3.58. The lowest BCUT2D eigenvalue weighted by molar-refractivity contribution is 1.46. The van der Waals surface area contributed by atoms with Gasteiger partial charge in [-0.05, 0) is 31.5 Å². The van der Waals surface area contributed by atoms with Crippen molar-refractivity contribution in [2.75, 3.05) is 0 Å². The molecule has 0 unspecified atom stereocenters. The molecule has 80 valence electrons. The molecule has 1 aromatic heterocycles. The van der Waals surface area contributed by atoms with Crippen LogP contribution in [-0.2, 0) is 0 Å². The van der Waals surface area contributed by atoms with Crippen LogP contribution >= 0.6 is 22.9 Å². The van der Waals surface area contributed by atoms with Gasteiger partial charge in [0.25, 0.3) is 0 Å². The summed E-state index contributed by atoms with van der Waals surface area (Å²) in [5.41, 5.74) is 2.88. The second kappa shape index (κ2) is 4.29. The van der Waals surface area contributed by atoms with Crippen molar-refractivity contribution >= 4 is 22.9 Å². The van der Waals surface area contributed by atoms with Gasteiger partial charge in [-0.15, -0.1) is 11.3 Å². The molecule has 0 saturated carbocycles. The lowest BCUT2D eigenvalue weighted by Gasteiger charge is -2.01. The molecule has 2 rings (SSSR count). The van der Waals surface area contributed by atoms with Gasteiger partial charge in [0, 0.05) is 20.3 Å². The summed E-state index contributed by atoms with van der Waals surface area (Å²) in [4.78, 5) is 2.25. The van der Waals surface area contributed by atoms with Crippen molar-refractivity contribution in [2.45, 2.75) is 13.8 Å². The maximum atomic E-state index is 9.16. The molecule has 1 aromatic carbocycles. The van der Waals surface area contributed by atoms with E-state index >= 15 is 0 Å². The van der Waals surface area contributed by atoms with E-state index in [1.807, 2.05) is 38.1 Å². The molecule has 1 heterocycles. The normalized spacial score (nSPS) is 10.1. The summed E-state index contributed by atoms with van der Waals surface area (Å²) in [6.07, 6.45) is 0. The van der Waals surface area contributed by atoms with Crippen LogP contribution in [0.3, 0.4) is 0 Å². The zero-order valence-electron chi connectivity index (χ0n) is 9.04. The Kier molecular flexibility index (Phi) is 3.00. The van der Waals surface area contributed by atoms with Crippen molar-refractivity contribution in [1.29, 1.82) is 5.26 Å². The molecule has 0 aliphatic rings. The molecule has 0 bridgehead atoms. The minimum absolute atomic E-state index is 0.715. The maximum Gasteiger partial charge on any atom is 0.101 e. The third-order valence-electron chi connectivity index (χ3n) is 2.51. The van der Waals surface area contributed by atoms with Gasteiger partial charge in [0.05, 0.1) is 5.56 Å². The fraction of sp³-hybridized carbons (Fsp3) is 0.154. The Labute approximate surface area is 104 Å². The Morgan fingerprint density at radius 3 is 2.31 bits per heavy atom. The highest BCUT2D eigenvalue weighted by Crippen LogP contribution is 2.35. The molecule has 0 fully saturated rings. The zero-order chi connectivity index (χ0) is 11.7. The van der Waals surface area contributed by atoms with Crippen LogP contribution in [0.25, 0.3) is 11.1 Å². The topological polar surface area (TPSA) is 23.8 Å². The van der Waals surface area contributed by atoms with E-state index in [2.05, 4.69) is 6.07 Å². The molecule has 3 heteroatoms. The van der Waals surface area contributed by atoms with Crippen molar-refractivity contribution in [2.24, 2.45) is 0 Å². The van der Waals surface area contributed by atoms with Crippen LogP contribution in [-0.4, -0.2) is 0 Å². The molecule has 0 atom stereocenters. The van der Waals surface area contributed by atoms with Crippen LogP contribution in [0, 0.1) is 25.2 Å². The van der Waals surface area contributed by atoms with E-state index in [0.717, 1.165) is 21.6 Å². The Bertz CT molecular complexity index is 561. The monoisotopic (exact) mass is 247 g/mol. The predicted octanol–water partition coefficient (Wildman–Crippen LogP) is 4.56. The minimum atomic E-state index is 0.715. The zero-order valence-corrected chi connectivity index (χ0v) is 10.6. The summed E-state index contributed by atoms with van der Waals surface area (Å²) in [6.45, 7) is 4.03. The summed E-state index contributed by atoms with van der Waals surface area (Å²) >= 11 is 7.52. The van der Waals surface area contributed by atoms with Crippen LogP contribution in [0.1, 0.15) is 15.3 Å². The third-order valence-corrected chi connectivity index (χ3v) is 3.78. The van der Waals surface area contributed by atoms with Crippen molar-refractivity contribution < 1.29 is 0 Å². The van der Waals surface area contributed by atoms with Gasteiger partial charge in [-0.3, -0.25) is 0 Å². The first-order valence-electron chi connectivity index (χ1n) is 4.89. The molecular formula is C13H10ClNS. The average molecular weight is 248 g/mol. The number of nitriles is 1. The molecule has 0 amide bonds. The van der Waals surface area contributed by atoms with Gasteiger partial charge < -0.3 is 0 Å². The minimum Gasteiger partial charge on any atom is -0.192 e. The van der Waals surface area contributed by atoms with E-state index < -0.39 is 0 Å². The summed E-state index contributed by atoms with van der Waals surface area (Å²) in [5, 5.41) is 9.87. The molecule has 0 aliphatic carbocycles. The molecule has 16 heavy (non-hydrogen) atoms. The molecular weight excluding hydrogens is 238 g/mol. The summed E-state index contributed by atoms with van der Waals surface area (Å²) in [6, 6.07) is 9.89. The number of hydrogen-bond acceptors (Lipinski definition) is 2. The molecule has 0 saturated heterocycles. The highest BCUT2D eigenvalue weighted by Gasteiger charge is 2.14. The van der Waals surface area contributed by atoms with Crippen molar-refractivity contribution in [3.05, 3.63) is 44.6 Å². The summed E-state index contributed by atoms with van der Waals surface area (Å²) in [5.74, 6) is 0. The Morgan fingerprint density at radius 1 is 1.12 bits per heavy atom. The van der Waals surface area contributed by atoms with E-state index in [-0.39, 0.29) is 0 Å². The molecule has 1 nitrogen and oxygen atoms in total. The van der Waals surface area contributed by atoms with E-state index in [9.17, 15) is 0 Å². The maximum absolute atomic E-state index is 9.16. The van der Waals surface area contributed by atoms with Gasteiger partial charge >= 0.3 is 0 Å². The van der Waals surface area contributed by atoms with Gasteiger partial charge in [0.2, 0.25) is 0 Å². The van der Waals surface area contributed by atoms with Gasteiger partial charge in [-0.1, -0.05) is 23.7 Å². The molecule has 0 N–H and O–H groups in total. The van der Waals surface area contributed by atoms with Gasteiger partial charge in [0.1, 0.15) is 6.07 Å². The fourth-order valence-corrected chi connectivity index (χ4v) is 2.94. The lowest BCUT2D eigenvalue weighted by atomic mass is 10.0. The van der Waals surface area contributed by atoms with Gasteiger partial charge in [0.15, 0.2) is 0 Å². The first-order valence-corrected chi connectivity index (χ1v) is 6.09. The highest BCUT2D eigenvalue weighted by molar-refractivity contribution is 7.12. The van der Waals surface area contributed by atoms with E-state index in [1.165, 1.54) is 4.88 Å². The van der Waals surface area contributed by atoms with E-state index in [1.54, 1.807) is 11.3 Å². The molecule has 0 spiro atoms. The SMILES string of the molecule is Cc1sc(C)c(-c2ccc(Cl)cc2)c1C#N. The smallest absolute Gasteiger partial charge is 0.101 e. The molecule has 0 aliphatic heterocycles. The number of aryl methyl sites for hydroxylation is 2. The van der Waals surface area contributed by atoms with Crippen LogP contribution in [0.15, 0.2) is 24.3 Å². The molecule has 2 aromatic rings. The van der Waals surface area contributed by atoms with Crippen LogP contribution < -0.4 is 0 Å². The van der Waals surface area contributed by atoms with Gasteiger partial charge in [-0.2, -0.15) is 5.26 Å². The lowest BCUT2D eigenvalue weighted by Crippen LogP contribution is -1.82. The van der Waals surface area contributed by atoms with E-state index in [0.29, 0.717) is 5.02 Å². The number of thiophene rings is 1. The fourth-order valence-electron chi connectivity index (χ4n) is 1.78. The average Bonchev–Trinajstić information content (AvgIpc) is 2.54. The Hall–Kier alpha value is -1.30. The second-order valence-corrected chi connectivity index (χ2v) is 5.45. The van der Waals surface area contributed by atoms with Crippen molar-refractivity contribution in [3.8, 4) is 17.2 Å². The van der Waals surface area contributed by atoms with Crippen LogP contribution in [0.2, 0.25) is 5.02 Å². The number of rotatable bonds is 1. The quantitative estimate of drug-likeness (QED) is 0.725. The van der Waals surface area contributed by atoms with E-state index in [4.69, 9.17) is 16.9 Å². The van der Waals surface area contributed by atoms with Crippen LogP contribution in [0.5, 0.6) is 0 Å². The largest absolute Gasteiger partial charge is 0.192 e. The number of halogens is 1. The van der Waals surface area contributed by atoms with Crippen molar-refractivity contribution in [3.63, 3.8) is 0 Å². The van der Waals surface area contributed by atoms with Crippen LogP contribution in [0.4, 0.5) is 0 Å². The Morgan fingerprint density at radius 2 is 1.75 bits per heavy atom. The van der Waals surface area contributed by atoms with Crippen molar-refractivity contribution in [1.82, 2.24) is 0 Å². The standard InChI is InChI=1S/C13H10ClNS/c1-8-12(7-15)13(9(2)16-8)10-3-5-11(14)6-4-10/h3-6H,1-2H3. The number of benzene rings is 1.